The zero-order valence-electron chi connectivity index (χ0n) is 50.3. The number of aromatic nitrogens is 17. The number of para-hydroxylation sites is 4. The molecule has 11 aromatic heterocycles. The molecule has 82 heavy (non-hydrogen) atoms. The van der Waals surface area contributed by atoms with Crippen LogP contribution in [-0.2, 0) is 70.5 Å². The molecule has 14 aromatic rings. The number of benzene rings is 3. The Morgan fingerprint density at radius 2 is 0.634 bits per heavy atom. The van der Waals surface area contributed by atoms with Crippen molar-refractivity contribution in [2.45, 2.75) is 41.5 Å². The van der Waals surface area contributed by atoms with Crippen LogP contribution in [0, 0.1) is 41.5 Å². The van der Waals surface area contributed by atoms with E-state index in [-0.39, 0.29) is 0 Å². The largest absolute Gasteiger partial charge is 0.301 e. The summed E-state index contributed by atoms with van der Waals surface area (Å²) in [5, 5.41) is 0. The molecule has 0 bridgehead atoms. The number of pyridine rings is 5. The summed E-state index contributed by atoms with van der Waals surface area (Å²) in [6.07, 6.45) is 12.9. The van der Waals surface area contributed by atoms with Gasteiger partial charge in [0.25, 0.3) is 28.9 Å². The van der Waals surface area contributed by atoms with Crippen LogP contribution in [0.1, 0.15) is 34.9 Å². The Morgan fingerprint density at radius 3 is 1.11 bits per heavy atom. The van der Waals surface area contributed by atoms with Crippen LogP contribution in [0.3, 0.4) is 0 Å². The fourth-order valence-corrected chi connectivity index (χ4v) is 10.4. The quantitative estimate of drug-likeness (QED) is 0.164. The molecule has 0 unspecified atom stereocenters. The maximum absolute atomic E-state index is 4.48. The maximum atomic E-state index is 4.48. The molecule has 0 aliphatic carbocycles. The molecule has 17 heteroatoms. The van der Waals surface area contributed by atoms with Crippen molar-refractivity contribution in [1.29, 1.82) is 0 Å². The lowest BCUT2D eigenvalue weighted by Crippen LogP contribution is -2.31. The van der Waals surface area contributed by atoms with Gasteiger partial charge in [-0.15, -0.1) is 9.97 Å². The number of nitrogens with zero attached hydrogens (tertiary/aromatic N) is 17. The number of fused-ring (bicyclic) bond motifs is 6. The molecule has 0 amide bonds. The summed E-state index contributed by atoms with van der Waals surface area (Å²) in [5.74, 6) is 7.30. The Bertz CT molecular complexity index is 3920. The molecule has 416 valence electrons. The molecule has 0 radical (unpaired) electrons. The van der Waals surface area contributed by atoms with E-state index in [0.29, 0.717) is 0 Å². The van der Waals surface area contributed by atoms with Crippen molar-refractivity contribution in [3.05, 3.63) is 212 Å². The lowest BCUT2D eigenvalue weighted by Gasteiger charge is -1.98. The maximum Gasteiger partial charge on any atom is 0.301 e. The lowest BCUT2D eigenvalue weighted by atomic mass is 10.3. The van der Waals surface area contributed by atoms with Gasteiger partial charge in [-0.05, 0) is 72.8 Å². The number of rotatable bonds is 2. The summed E-state index contributed by atoms with van der Waals surface area (Å²) < 4.78 is 25.9. The van der Waals surface area contributed by atoms with Gasteiger partial charge in [-0.1, -0.05) is 48.5 Å². The SMILES string of the molecule is Cc1n(-c2ccccc2)c2ccccc2[n+]1C.Cc1n(-c2ccccc2)c2ncccc2[n+]1C.Cc1n(C)c2cccnc2[n+]1C.Cc1n(C)c2cccnc2[n+]1C.Cc1n(C)c2cnccc2[n+]1C.Cc1n(C)c2cnccc2[n+]1C. The Balaban J connectivity index is 0.000000119. The molecule has 0 atom stereocenters. The average Bonchev–Trinajstić information content (AvgIpc) is 4.43. The highest BCUT2D eigenvalue weighted by Crippen LogP contribution is 2.20. The van der Waals surface area contributed by atoms with E-state index in [1.807, 2.05) is 112 Å². The minimum Gasteiger partial charge on any atom is -0.260 e. The first-order chi connectivity index (χ1) is 39.4. The molecule has 0 fully saturated rings. The van der Waals surface area contributed by atoms with E-state index in [2.05, 4.69) is 257 Å². The third kappa shape index (κ3) is 10.8. The highest BCUT2D eigenvalue weighted by molar-refractivity contribution is 5.75. The number of hydrogen-bond acceptors (Lipinski definition) is 5. The van der Waals surface area contributed by atoms with E-state index in [1.165, 1.54) is 84.8 Å². The third-order valence-corrected chi connectivity index (χ3v) is 16.2. The second-order valence-corrected chi connectivity index (χ2v) is 20.5. The third-order valence-electron chi connectivity index (χ3n) is 16.2. The smallest absolute Gasteiger partial charge is 0.260 e. The second kappa shape index (κ2) is 24.3. The van der Waals surface area contributed by atoms with Gasteiger partial charge in [0, 0.05) is 72.3 Å². The summed E-state index contributed by atoms with van der Waals surface area (Å²) in [7, 11) is 20.6. The van der Waals surface area contributed by atoms with E-state index in [1.54, 1.807) is 0 Å². The molecule has 0 saturated heterocycles. The van der Waals surface area contributed by atoms with Crippen LogP contribution in [0.4, 0.5) is 0 Å². The van der Waals surface area contributed by atoms with Crippen molar-refractivity contribution in [3.8, 4) is 11.4 Å². The van der Waals surface area contributed by atoms with Gasteiger partial charge in [0.2, 0.25) is 11.6 Å². The Labute approximate surface area is 479 Å². The normalized spacial score (nSPS) is 10.9. The predicted octanol–water partition coefficient (Wildman–Crippen LogP) is 7.75. The van der Waals surface area contributed by atoms with Crippen LogP contribution in [0.5, 0.6) is 0 Å². The fourth-order valence-electron chi connectivity index (χ4n) is 10.4. The van der Waals surface area contributed by atoms with Crippen LogP contribution < -0.4 is 27.4 Å². The molecule has 17 nitrogen and oxygen atoms in total. The minimum atomic E-state index is 0.999. The molecular weight excluding hydrogens is 1020 g/mol. The molecule has 0 saturated carbocycles. The van der Waals surface area contributed by atoms with Crippen LogP contribution in [-0.4, -0.2) is 52.3 Å². The van der Waals surface area contributed by atoms with E-state index >= 15 is 0 Å². The Morgan fingerprint density at radius 1 is 0.293 bits per heavy atom. The summed E-state index contributed by atoms with van der Waals surface area (Å²) in [6, 6.07) is 45.5. The van der Waals surface area contributed by atoms with Gasteiger partial charge in [0.1, 0.15) is 23.8 Å². The van der Waals surface area contributed by atoms with Gasteiger partial charge >= 0.3 is 11.3 Å². The first-order valence-corrected chi connectivity index (χ1v) is 27.4. The number of imidazole rings is 6. The van der Waals surface area contributed by atoms with Crippen LogP contribution in [0.2, 0.25) is 0 Å². The fraction of sp³-hybridized carbons (Fsp3) is 0.246. The summed E-state index contributed by atoms with van der Waals surface area (Å²) in [5.41, 5.74) is 16.3. The van der Waals surface area contributed by atoms with Crippen LogP contribution >= 0.6 is 0 Å². The van der Waals surface area contributed by atoms with Gasteiger partial charge in [0.15, 0.2) is 49.7 Å². The lowest BCUT2D eigenvalue weighted by molar-refractivity contribution is -0.654. The first kappa shape index (κ1) is 56.9. The molecule has 11 heterocycles. The van der Waals surface area contributed by atoms with Crippen molar-refractivity contribution in [2.75, 3.05) is 0 Å². The zero-order chi connectivity index (χ0) is 58.5. The van der Waals surface area contributed by atoms with Crippen molar-refractivity contribution < 1.29 is 27.4 Å². The standard InChI is InChI=1S/C15H15N2.C14H14N3.4C9H12N3/c1-12-16(2)14-10-6-7-11-15(14)17(12)13-8-4-3-5-9-13;1-11-16(2)13-9-6-10-15-14(13)17(11)12-7-4-3-5-8-12;2*1-7-11(2)8-4-5-10-6-9(8)12(7)3;2*1-7-11(2)8-5-4-6-10-9(8)12(7)3/h3-11H,1-2H3;3-10H,1-2H3;4*4-6H,1-3H3/q6*+1. The molecule has 0 spiro atoms. The topological polar surface area (TPSA) is 117 Å². The molecule has 0 aliphatic heterocycles. The molecular formula is C65H77N17+6. The molecule has 0 N–H and O–H groups in total. The van der Waals surface area contributed by atoms with E-state index < -0.39 is 0 Å². The Hall–Kier alpha value is -9.77. The van der Waals surface area contributed by atoms with Gasteiger partial charge in [0.05, 0.1) is 82.9 Å². The average molecular weight is 1100 g/mol. The van der Waals surface area contributed by atoms with Crippen LogP contribution in [0.25, 0.3) is 78.0 Å². The van der Waals surface area contributed by atoms with E-state index in [0.717, 1.165) is 28.1 Å². The molecule has 14 rings (SSSR count). The predicted molar refractivity (Wildman–Crippen MR) is 323 cm³/mol. The van der Waals surface area contributed by atoms with E-state index in [9.17, 15) is 0 Å². The van der Waals surface area contributed by atoms with E-state index in [4.69, 9.17) is 0 Å². The summed E-state index contributed by atoms with van der Waals surface area (Å²) in [4.78, 5) is 21.3. The number of hydrogen-bond donors (Lipinski definition) is 0. The highest BCUT2D eigenvalue weighted by atomic mass is 15.2. The van der Waals surface area contributed by atoms with Crippen molar-refractivity contribution in [1.82, 2.24) is 52.3 Å². The van der Waals surface area contributed by atoms with Gasteiger partial charge in [-0.2, -0.15) is 9.13 Å². The zero-order valence-corrected chi connectivity index (χ0v) is 50.3. The van der Waals surface area contributed by atoms with Crippen molar-refractivity contribution in [2.24, 2.45) is 70.5 Å². The number of aryl methyl sites for hydroxylation is 10. The molecule has 0 aliphatic rings. The highest BCUT2D eigenvalue weighted by Gasteiger charge is 2.23. The molecule has 3 aromatic carbocycles. The summed E-state index contributed by atoms with van der Waals surface area (Å²) >= 11 is 0. The first-order valence-electron chi connectivity index (χ1n) is 27.4. The van der Waals surface area contributed by atoms with Crippen molar-refractivity contribution >= 4 is 66.6 Å². The van der Waals surface area contributed by atoms with Crippen LogP contribution in [0.15, 0.2) is 177 Å². The summed E-state index contributed by atoms with van der Waals surface area (Å²) in [6.45, 7) is 12.6. The Kier molecular flexibility index (Phi) is 16.9. The van der Waals surface area contributed by atoms with Crippen molar-refractivity contribution in [3.63, 3.8) is 0 Å². The van der Waals surface area contributed by atoms with Gasteiger partial charge in [-0.3, -0.25) is 19.1 Å². The van der Waals surface area contributed by atoms with Gasteiger partial charge < -0.3 is 0 Å². The van der Waals surface area contributed by atoms with Gasteiger partial charge in [-0.25, -0.2) is 41.5 Å². The monoisotopic (exact) mass is 1100 g/mol. The minimum absolute atomic E-state index is 0.999. The second-order valence-electron chi connectivity index (χ2n) is 20.5.